The standard InChI is InChI=1S/C9H13BF3N2O2/c11-10(12,13)6-14-5-8(16)15-4-2-1-3-7(15)9(14)17/h7H,1-6H2/q-1. The molecule has 0 spiro atoms. The number of carbonyl (C=O) groups excluding carboxylic acids is 2. The molecular formula is C9H13BF3N2O2-. The van der Waals surface area contributed by atoms with E-state index in [-0.39, 0.29) is 5.91 Å². The highest BCUT2D eigenvalue weighted by molar-refractivity contribution is 6.58. The maximum atomic E-state index is 12.3. The molecule has 0 radical (unpaired) electrons. The topological polar surface area (TPSA) is 40.6 Å². The number of carbonyl (C=O) groups is 2. The highest BCUT2D eigenvalue weighted by Gasteiger charge is 2.42. The van der Waals surface area contributed by atoms with E-state index < -0.39 is 31.9 Å². The predicted octanol–water partition coefficient (Wildman–Crippen LogP) is 0.596. The number of halogens is 3. The third-order valence-corrected chi connectivity index (χ3v) is 3.17. The zero-order valence-electron chi connectivity index (χ0n) is 9.24. The van der Waals surface area contributed by atoms with E-state index in [0.29, 0.717) is 17.9 Å². The van der Waals surface area contributed by atoms with Crippen molar-refractivity contribution in [2.24, 2.45) is 0 Å². The second-order valence-electron chi connectivity index (χ2n) is 4.53. The van der Waals surface area contributed by atoms with E-state index in [9.17, 15) is 22.5 Å². The SMILES string of the molecule is O=C1C2CCCCN2C(=O)CN1C[B-](F)(F)F. The molecule has 2 saturated heterocycles. The molecule has 0 bridgehead atoms. The van der Waals surface area contributed by atoms with E-state index in [4.69, 9.17) is 0 Å². The van der Waals surface area contributed by atoms with Crippen molar-refractivity contribution >= 4 is 18.8 Å². The molecule has 2 aliphatic rings. The molecule has 0 aliphatic carbocycles. The number of rotatable bonds is 2. The lowest BCUT2D eigenvalue weighted by atomic mass is 9.89. The van der Waals surface area contributed by atoms with Gasteiger partial charge in [0.1, 0.15) is 6.04 Å². The van der Waals surface area contributed by atoms with Crippen molar-refractivity contribution in [3.8, 4) is 0 Å². The molecule has 1 unspecified atom stereocenters. The Bertz CT molecular complexity index is 348. The molecule has 2 amide bonds. The summed E-state index contributed by atoms with van der Waals surface area (Å²) in [6.07, 6.45) is 0.810. The third kappa shape index (κ3) is 2.55. The normalized spacial score (nSPS) is 26.2. The van der Waals surface area contributed by atoms with Crippen molar-refractivity contribution in [3.63, 3.8) is 0 Å². The highest BCUT2D eigenvalue weighted by Crippen LogP contribution is 2.24. The molecule has 2 heterocycles. The van der Waals surface area contributed by atoms with Gasteiger partial charge in [0.25, 0.3) is 0 Å². The maximum absolute atomic E-state index is 12.3. The third-order valence-electron chi connectivity index (χ3n) is 3.17. The van der Waals surface area contributed by atoms with Crippen LogP contribution in [-0.4, -0.2) is 54.2 Å². The first-order valence-corrected chi connectivity index (χ1v) is 5.68. The van der Waals surface area contributed by atoms with Crippen molar-refractivity contribution in [3.05, 3.63) is 0 Å². The Morgan fingerprint density at radius 3 is 2.59 bits per heavy atom. The van der Waals surface area contributed by atoms with Gasteiger partial charge in [0.2, 0.25) is 11.8 Å². The van der Waals surface area contributed by atoms with Crippen molar-refractivity contribution < 1.29 is 22.5 Å². The van der Waals surface area contributed by atoms with Gasteiger partial charge in [0.05, 0.1) is 6.54 Å². The van der Waals surface area contributed by atoms with Crippen LogP contribution in [-0.2, 0) is 9.59 Å². The summed E-state index contributed by atoms with van der Waals surface area (Å²) in [6.45, 7) is -5.02. The van der Waals surface area contributed by atoms with Crippen LogP contribution >= 0.6 is 0 Å². The van der Waals surface area contributed by atoms with Crippen LogP contribution in [0.5, 0.6) is 0 Å². The van der Waals surface area contributed by atoms with Crippen molar-refractivity contribution in [2.75, 3.05) is 19.5 Å². The van der Waals surface area contributed by atoms with E-state index in [1.165, 1.54) is 4.90 Å². The van der Waals surface area contributed by atoms with E-state index in [1.807, 2.05) is 0 Å². The molecule has 17 heavy (non-hydrogen) atoms. The van der Waals surface area contributed by atoms with Crippen LogP contribution in [0.15, 0.2) is 0 Å². The summed E-state index contributed by atoms with van der Waals surface area (Å²) >= 11 is 0. The van der Waals surface area contributed by atoms with Gasteiger partial charge in [-0.25, -0.2) is 0 Å². The summed E-state index contributed by atoms with van der Waals surface area (Å²) in [5.74, 6) is -0.919. The molecule has 8 heteroatoms. The average Bonchev–Trinajstić information content (AvgIpc) is 2.24. The first kappa shape index (κ1) is 12.3. The van der Waals surface area contributed by atoms with Gasteiger partial charge in [0.15, 0.2) is 0 Å². The van der Waals surface area contributed by atoms with E-state index in [0.717, 1.165) is 12.8 Å². The molecule has 0 aromatic carbocycles. The summed E-state index contributed by atoms with van der Waals surface area (Å²) in [7, 11) is 0. The van der Waals surface area contributed by atoms with Crippen LogP contribution in [0.3, 0.4) is 0 Å². The zero-order valence-corrected chi connectivity index (χ0v) is 9.24. The first-order chi connectivity index (χ1) is 7.88. The average molecular weight is 249 g/mol. The fraction of sp³-hybridized carbons (Fsp3) is 0.778. The number of nitrogens with zero attached hydrogens (tertiary/aromatic N) is 2. The molecule has 0 aromatic rings. The van der Waals surface area contributed by atoms with Crippen LogP contribution in [0.25, 0.3) is 0 Å². The number of piperazine rings is 1. The molecular weight excluding hydrogens is 236 g/mol. The molecule has 0 N–H and O–H groups in total. The van der Waals surface area contributed by atoms with Crippen LogP contribution in [0, 0.1) is 0 Å². The highest BCUT2D eigenvalue weighted by atomic mass is 19.4. The van der Waals surface area contributed by atoms with Gasteiger partial charge in [-0.15, -0.1) is 0 Å². The summed E-state index contributed by atoms with van der Waals surface area (Å²) < 4.78 is 36.9. The Hall–Kier alpha value is -1.21. The Morgan fingerprint density at radius 1 is 1.24 bits per heavy atom. The molecule has 1 atom stereocenters. The predicted molar refractivity (Wildman–Crippen MR) is 55.0 cm³/mol. The molecule has 2 fully saturated rings. The second-order valence-corrected chi connectivity index (χ2v) is 4.53. The largest absolute Gasteiger partial charge is 0.497 e. The van der Waals surface area contributed by atoms with Crippen molar-refractivity contribution in [2.45, 2.75) is 25.3 Å². The Morgan fingerprint density at radius 2 is 1.94 bits per heavy atom. The number of hydrogen-bond donors (Lipinski definition) is 0. The number of amides is 2. The van der Waals surface area contributed by atoms with E-state index in [2.05, 4.69) is 0 Å². The molecule has 0 aromatic heterocycles. The summed E-state index contributed by atoms with van der Waals surface area (Å²) in [4.78, 5) is 25.5. The molecule has 0 saturated carbocycles. The van der Waals surface area contributed by atoms with Gasteiger partial charge in [-0.2, -0.15) is 0 Å². The van der Waals surface area contributed by atoms with Crippen LogP contribution in [0.2, 0.25) is 0 Å². The molecule has 2 rings (SSSR count). The Balaban J connectivity index is 2.11. The first-order valence-electron chi connectivity index (χ1n) is 5.68. The quantitative estimate of drug-likeness (QED) is 0.672. The number of hydrogen-bond acceptors (Lipinski definition) is 2. The second kappa shape index (κ2) is 4.23. The zero-order chi connectivity index (χ0) is 12.6. The smallest absolute Gasteiger partial charge is 0.448 e. The van der Waals surface area contributed by atoms with Gasteiger partial charge >= 0.3 is 6.98 Å². The monoisotopic (exact) mass is 249 g/mol. The minimum atomic E-state index is -5.08. The van der Waals surface area contributed by atoms with Gasteiger partial charge in [-0.05, 0) is 25.7 Å². The van der Waals surface area contributed by atoms with Crippen LogP contribution in [0.4, 0.5) is 12.9 Å². The summed E-state index contributed by atoms with van der Waals surface area (Å²) in [5.41, 5.74) is 0. The van der Waals surface area contributed by atoms with E-state index >= 15 is 0 Å². The van der Waals surface area contributed by atoms with E-state index in [1.54, 1.807) is 0 Å². The lowest BCUT2D eigenvalue weighted by Crippen LogP contribution is -2.62. The Labute approximate surface area is 96.8 Å². The lowest BCUT2D eigenvalue weighted by molar-refractivity contribution is -0.157. The fourth-order valence-electron chi connectivity index (χ4n) is 2.43. The molecule has 96 valence electrons. The van der Waals surface area contributed by atoms with Gasteiger partial charge in [0, 0.05) is 6.54 Å². The van der Waals surface area contributed by atoms with Crippen molar-refractivity contribution in [1.29, 1.82) is 0 Å². The maximum Gasteiger partial charge on any atom is 0.497 e. The minimum absolute atomic E-state index is 0.366. The minimum Gasteiger partial charge on any atom is -0.448 e. The number of piperidine rings is 1. The van der Waals surface area contributed by atoms with Crippen molar-refractivity contribution in [1.82, 2.24) is 9.80 Å². The van der Waals surface area contributed by atoms with Gasteiger partial charge < -0.3 is 22.7 Å². The summed E-state index contributed by atoms with van der Waals surface area (Å²) in [5, 5.41) is 0. The van der Waals surface area contributed by atoms with Gasteiger partial charge in [-0.3, -0.25) is 9.59 Å². The van der Waals surface area contributed by atoms with Gasteiger partial charge in [-0.1, -0.05) is 0 Å². The molecule has 2 aliphatic heterocycles. The number of fused-ring (bicyclic) bond motifs is 1. The Kier molecular flexibility index (Phi) is 3.05. The lowest BCUT2D eigenvalue weighted by Gasteiger charge is -2.44. The van der Waals surface area contributed by atoms with Crippen LogP contribution in [0.1, 0.15) is 19.3 Å². The molecule has 4 nitrogen and oxygen atoms in total. The summed E-state index contributed by atoms with van der Waals surface area (Å²) in [6, 6.07) is -0.664. The van der Waals surface area contributed by atoms with Crippen LogP contribution < -0.4 is 0 Å². The fourth-order valence-corrected chi connectivity index (χ4v) is 2.43.